The number of alkyl halides is 1. The zero-order valence-corrected chi connectivity index (χ0v) is 10.4. The van der Waals surface area contributed by atoms with E-state index in [-0.39, 0.29) is 5.82 Å². The molecule has 0 nitrogen and oxygen atoms in total. The van der Waals surface area contributed by atoms with E-state index in [1.807, 2.05) is 12.1 Å². The maximum atomic E-state index is 12.7. The van der Waals surface area contributed by atoms with E-state index < -0.39 is 0 Å². The Balaban J connectivity index is 2.37. The highest BCUT2D eigenvalue weighted by Crippen LogP contribution is 2.10. The largest absolute Gasteiger partial charge is 0.207 e. The summed E-state index contributed by atoms with van der Waals surface area (Å²) in [4.78, 5) is 0. The molecular weight excluding hydrogens is 223 g/mol. The van der Waals surface area contributed by atoms with E-state index >= 15 is 0 Å². The van der Waals surface area contributed by atoms with E-state index in [2.05, 4.69) is 13.0 Å². The van der Waals surface area contributed by atoms with Gasteiger partial charge in [0, 0.05) is 5.88 Å². The van der Waals surface area contributed by atoms with Crippen molar-refractivity contribution in [2.24, 2.45) is 0 Å². The third-order valence-electron chi connectivity index (χ3n) is 2.55. The van der Waals surface area contributed by atoms with Crippen LogP contribution in [-0.2, 0) is 6.42 Å². The Morgan fingerprint density at radius 3 is 2.56 bits per heavy atom. The van der Waals surface area contributed by atoms with Crippen LogP contribution in [0.3, 0.4) is 0 Å². The highest BCUT2D eigenvalue weighted by Gasteiger charge is 1.94. The number of rotatable bonds is 6. The lowest BCUT2D eigenvalue weighted by Crippen LogP contribution is -1.85. The van der Waals surface area contributed by atoms with E-state index in [1.165, 1.54) is 17.7 Å². The molecule has 0 saturated heterocycles. The molecule has 0 aliphatic carbocycles. The van der Waals surface area contributed by atoms with Gasteiger partial charge in [-0.3, -0.25) is 0 Å². The van der Waals surface area contributed by atoms with Gasteiger partial charge in [-0.25, -0.2) is 4.39 Å². The van der Waals surface area contributed by atoms with Crippen LogP contribution in [0.15, 0.2) is 35.9 Å². The average Bonchev–Trinajstić information content (AvgIpc) is 2.29. The molecule has 0 aliphatic rings. The van der Waals surface area contributed by atoms with Crippen molar-refractivity contribution in [3.8, 4) is 0 Å². The minimum Gasteiger partial charge on any atom is -0.207 e. The molecule has 0 aromatic heterocycles. The summed E-state index contributed by atoms with van der Waals surface area (Å²) in [6.45, 7) is 2.14. The SMILES string of the molecule is C/C(=C\Cc1ccc(F)cc1)CCCCCl. The molecule has 0 saturated carbocycles. The van der Waals surface area contributed by atoms with Gasteiger partial charge < -0.3 is 0 Å². The predicted molar refractivity (Wildman–Crippen MR) is 68.4 cm³/mol. The maximum absolute atomic E-state index is 12.7. The van der Waals surface area contributed by atoms with Gasteiger partial charge in [-0.2, -0.15) is 0 Å². The molecule has 0 heterocycles. The van der Waals surface area contributed by atoms with Gasteiger partial charge in [0.25, 0.3) is 0 Å². The van der Waals surface area contributed by atoms with E-state index in [4.69, 9.17) is 11.6 Å². The van der Waals surface area contributed by atoms with Gasteiger partial charge in [-0.1, -0.05) is 23.8 Å². The second-order valence-corrected chi connectivity index (χ2v) is 4.41. The maximum Gasteiger partial charge on any atom is 0.123 e. The number of benzene rings is 1. The smallest absolute Gasteiger partial charge is 0.123 e. The molecule has 16 heavy (non-hydrogen) atoms. The van der Waals surface area contributed by atoms with Gasteiger partial charge in [0.1, 0.15) is 5.82 Å². The van der Waals surface area contributed by atoms with Crippen molar-refractivity contribution >= 4 is 11.6 Å². The molecule has 88 valence electrons. The van der Waals surface area contributed by atoms with E-state index in [9.17, 15) is 4.39 Å². The first-order chi connectivity index (χ1) is 7.72. The van der Waals surface area contributed by atoms with Crippen molar-refractivity contribution in [3.05, 3.63) is 47.3 Å². The summed E-state index contributed by atoms with van der Waals surface area (Å²) >= 11 is 5.62. The van der Waals surface area contributed by atoms with Gasteiger partial charge in [0.2, 0.25) is 0 Å². The quantitative estimate of drug-likeness (QED) is 0.383. The lowest BCUT2D eigenvalue weighted by Gasteiger charge is -2.01. The van der Waals surface area contributed by atoms with Gasteiger partial charge in [0.05, 0.1) is 0 Å². The third kappa shape index (κ3) is 5.32. The first-order valence-electron chi connectivity index (χ1n) is 5.68. The Morgan fingerprint density at radius 1 is 1.25 bits per heavy atom. The van der Waals surface area contributed by atoms with E-state index in [0.29, 0.717) is 0 Å². The van der Waals surface area contributed by atoms with E-state index in [0.717, 1.165) is 37.1 Å². The summed E-state index contributed by atoms with van der Waals surface area (Å²) in [7, 11) is 0. The summed E-state index contributed by atoms with van der Waals surface area (Å²) in [6.07, 6.45) is 6.42. The fraction of sp³-hybridized carbons (Fsp3) is 0.429. The zero-order valence-electron chi connectivity index (χ0n) is 9.68. The lowest BCUT2D eigenvalue weighted by molar-refractivity contribution is 0.627. The van der Waals surface area contributed by atoms with Crippen LogP contribution in [0.4, 0.5) is 4.39 Å². The molecule has 0 amide bonds. The highest BCUT2D eigenvalue weighted by atomic mass is 35.5. The summed E-state index contributed by atoms with van der Waals surface area (Å²) in [5.74, 6) is 0.567. The molecule has 0 aliphatic heterocycles. The van der Waals surface area contributed by atoms with Crippen LogP contribution < -0.4 is 0 Å². The third-order valence-corrected chi connectivity index (χ3v) is 2.82. The molecular formula is C14H18ClF. The molecule has 0 unspecified atom stereocenters. The van der Waals surface area contributed by atoms with Gasteiger partial charge >= 0.3 is 0 Å². The Morgan fingerprint density at radius 2 is 1.94 bits per heavy atom. The fourth-order valence-corrected chi connectivity index (χ4v) is 1.70. The fourth-order valence-electron chi connectivity index (χ4n) is 1.51. The molecule has 0 bridgehead atoms. The molecule has 0 atom stereocenters. The minimum atomic E-state index is -0.174. The standard InChI is InChI=1S/C14H18ClF/c1-12(4-2-3-11-15)5-6-13-7-9-14(16)10-8-13/h5,7-10H,2-4,6,11H2,1H3/b12-5+. The number of hydrogen-bond acceptors (Lipinski definition) is 0. The van der Waals surface area contributed by atoms with Gasteiger partial charge in [-0.05, 0) is 50.3 Å². The van der Waals surface area contributed by atoms with Crippen molar-refractivity contribution in [1.82, 2.24) is 0 Å². The molecule has 1 rings (SSSR count). The molecule has 0 radical (unpaired) electrons. The van der Waals surface area contributed by atoms with Crippen LogP contribution >= 0.6 is 11.6 Å². The Labute approximate surface area is 102 Å². The molecule has 0 spiro atoms. The summed E-state index contributed by atoms with van der Waals surface area (Å²) in [5, 5.41) is 0. The Kier molecular flexibility index (Phi) is 6.17. The first kappa shape index (κ1) is 13.2. The predicted octanol–water partition coefficient (Wildman–Crippen LogP) is 4.72. The van der Waals surface area contributed by atoms with Gasteiger partial charge in [0.15, 0.2) is 0 Å². The minimum absolute atomic E-state index is 0.174. The Hall–Kier alpha value is -0.820. The zero-order chi connectivity index (χ0) is 11.8. The second-order valence-electron chi connectivity index (χ2n) is 4.03. The molecule has 0 fully saturated rings. The highest BCUT2D eigenvalue weighted by molar-refractivity contribution is 6.17. The topological polar surface area (TPSA) is 0 Å². The van der Waals surface area contributed by atoms with Crippen molar-refractivity contribution in [3.63, 3.8) is 0 Å². The van der Waals surface area contributed by atoms with Crippen LogP contribution in [0.25, 0.3) is 0 Å². The lowest BCUT2D eigenvalue weighted by atomic mass is 10.1. The molecule has 1 aromatic carbocycles. The van der Waals surface area contributed by atoms with Crippen molar-refractivity contribution in [1.29, 1.82) is 0 Å². The number of allylic oxidation sites excluding steroid dienone is 2. The molecule has 2 heteroatoms. The number of halogens is 2. The monoisotopic (exact) mass is 240 g/mol. The molecule has 0 N–H and O–H groups in total. The average molecular weight is 241 g/mol. The van der Waals surface area contributed by atoms with Crippen molar-refractivity contribution in [2.45, 2.75) is 32.6 Å². The van der Waals surface area contributed by atoms with Crippen LogP contribution in [0.1, 0.15) is 31.7 Å². The summed E-state index contributed by atoms with van der Waals surface area (Å²) < 4.78 is 12.7. The van der Waals surface area contributed by atoms with Gasteiger partial charge in [-0.15, -0.1) is 11.6 Å². The second kappa shape index (κ2) is 7.45. The van der Waals surface area contributed by atoms with Crippen LogP contribution in [0.2, 0.25) is 0 Å². The van der Waals surface area contributed by atoms with Crippen LogP contribution in [-0.4, -0.2) is 5.88 Å². The Bertz CT molecular complexity index is 327. The number of hydrogen-bond donors (Lipinski definition) is 0. The summed E-state index contributed by atoms with van der Waals surface area (Å²) in [6, 6.07) is 6.67. The van der Waals surface area contributed by atoms with Crippen LogP contribution in [0.5, 0.6) is 0 Å². The first-order valence-corrected chi connectivity index (χ1v) is 6.22. The van der Waals surface area contributed by atoms with Crippen molar-refractivity contribution in [2.75, 3.05) is 5.88 Å². The van der Waals surface area contributed by atoms with Crippen molar-refractivity contribution < 1.29 is 4.39 Å². The normalized spacial score (nSPS) is 11.8. The molecule has 1 aromatic rings. The van der Waals surface area contributed by atoms with Crippen LogP contribution in [0, 0.1) is 5.82 Å². The van der Waals surface area contributed by atoms with E-state index in [1.54, 1.807) is 0 Å². The number of unbranched alkanes of at least 4 members (excludes halogenated alkanes) is 1. The summed E-state index contributed by atoms with van der Waals surface area (Å²) in [5.41, 5.74) is 2.53.